The summed E-state index contributed by atoms with van der Waals surface area (Å²) in [4.78, 5) is 11.6. The van der Waals surface area contributed by atoms with E-state index >= 15 is 0 Å². The monoisotopic (exact) mass is 237 g/mol. The summed E-state index contributed by atoms with van der Waals surface area (Å²) < 4.78 is 1.86. The molecule has 0 aliphatic rings. The van der Waals surface area contributed by atoms with Crippen molar-refractivity contribution in [3.63, 3.8) is 0 Å². The fourth-order valence-electron chi connectivity index (χ4n) is 1.55. The van der Waals surface area contributed by atoms with Gasteiger partial charge in [0.1, 0.15) is 6.54 Å². The molecule has 1 rings (SSSR count). The fourth-order valence-corrected chi connectivity index (χ4v) is 1.55. The van der Waals surface area contributed by atoms with Crippen LogP contribution in [0.2, 0.25) is 0 Å². The van der Waals surface area contributed by atoms with Crippen LogP contribution >= 0.6 is 0 Å². The lowest BCUT2D eigenvalue weighted by atomic mass is 10.1. The van der Waals surface area contributed by atoms with Crippen molar-refractivity contribution in [2.75, 3.05) is 6.54 Å². The number of nitrogens with two attached hydrogens (primary N) is 1. The molecular weight excluding hydrogens is 214 g/mol. The van der Waals surface area contributed by atoms with E-state index in [1.807, 2.05) is 30.0 Å². The molecule has 96 valence electrons. The van der Waals surface area contributed by atoms with E-state index in [0.29, 0.717) is 12.5 Å². The number of rotatable bonds is 6. The second-order valence-electron chi connectivity index (χ2n) is 4.94. The number of amides is 1. The summed E-state index contributed by atoms with van der Waals surface area (Å²) in [5, 5.41) is 2.91. The smallest absolute Gasteiger partial charge is 0.239 e. The molecule has 3 N–H and O–H groups in total. The Morgan fingerprint density at radius 2 is 2.18 bits per heavy atom. The Balaban J connectivity index is 2.34. The Morgan fingerprint density at radius 1 is 1.47 bits per heavy atom. The average molecular weight is 237 g/mol. The van der Waals surface area contributed by atoms with Crippen molar-refractivity contribution < 1.29 is 4.79 Å². The van der Waals surface area contributed by atoms with Gasteiger partial charge in [-0.25, -0.2) is 0 Å². The first-order valence-electron chi connectivity index (χ1n) is 6.17. The SMILES string of the molecule is CC(C)CCNC(=O)Cn1ccc(C(C)N)c1. The van der Waals surface area contributed by atoms with Gasteiger partial charge >= 0.3 is 0 Å². The average Bonchev–Trinajstić information content (AvgIpc) is 2.65. The molecule has 0 bridgehead atoms. The lowest BCUT2D eigenvalue weighted by Crippen LogP contribution is -2.28. The first-order chi connectivity index (χ1) is 7.99. The lowest BCUT2D eigenvalue weighted by molar-refractivity contribution is -0.121. The van der Waals surface area contributed by atoms with Gasteiger partial charge < -0.3 is 15.6 Å². The first-order valence-corrected chi connectivity index (χ1v) is 6.17. The Hall–Kier alpha value is -1.29. The number of nitrogens with one attached hydrogen (secondary N) is 1. The molecule has 0 aliphatic carbocycles. The number of hydrogen-bond acceptors (Lipinski definition) is 2. The van der Waals surface area contributed by atoms with Crippen LogP contribution in [-0.4, -0.2) is 17.0 Å². The van der Waals surface area contributed by atoms with Crippen LogP contribution in [0.1, 0.15) is 38.8 Å². The molecule has 4 heteroatoms. The number of aromatic nitrogens is 1. The largest absolute Gasteiger partial charge is 0.355 e. The molecule has 17 heavy (non-hydrogen) atoms. The van der Waals surface area contributed by atoms with E-state index in [-0.39, 0.29) is 11.9 Å². The molecule has 1 aromatic rings. The van der Waals surface area contributed by atoms with Crippen molar-refractivity contribution in [2.24, 2.45) is 11.7 Å². The van der Waals surface area contributed by atoms with Crippen LogP contribution in [0.3, 0.4) is 0 Å². The maximum Gasteiger partial charge on any atom is 0.239 e. The molecule has 0 spiro atoms. The van der Waals surface area contributed by atoms with E-state index in [1.54, 1.807) is 0 Å². The molecule has 4 nitrogen and oxygen atoms in total. The number of hydrogen-bond donors (Lipinski definition) is 2. The van der Waals surface area contributed by atoms with E-state index in [1.165, 1.54) is 0 Å². The van der Waals surface area contributed by atoms with E-state index in [4.69, 9.17) is 5.73 Å². The van der Waals surface area contributed by atoms with Gasteiger partial charge in [-0.05, 0) is 30.9 Å². The van der Waals surface area contributed by atoms with Crippen molar-refractivity contribution in [1.82, 2.24) is 9.88 Å². The third-order valence-electron chi connectivity index (χ3n) is 2.67. The molecule has 1 unspecified atom stereocenters. The van der Waals surface area contributed by atoms with Gasteiger partial charge in [0.25, 0.3) is 0 Å². The van der Waals surface area contributed by atoms with Crippen LogP contribution in [0, 0.1) is 5.92 Å². The van der Waals surface area contributed by atoms with Crippen molar-refractivity contribution in [3.05, 3.63) is 24.0 Å². The number of carbonyl (C=O) groups excluding carboxylic acids is 1. The predicted molar refractivity (Wildman–Crippen MR) is 69.5 cm³/mol. The molecule has 0 radical (unpaired) electrons. The number of nitrogens with zero attached hydrogens (tertiary/aromatic N) is 1. The Kier molecular flexibility index (Phi) is 5.22. The highest BCUT2D eigenvalue weighted by atomic mass is 16.1. The Morgan fingerprint density at radius 3 is 2.71 bits per heavy atom. The summed E-state index contributed by atoms with van der Waals surface area (Å²) >= 11 is 0. The molecule has 0 aromatic carbocycles. The topological polar surface area (TPSA) is 60.0 Å². The minimum absolute atomic E-state index is 0.0141. The fraction of sp³-hybridized carbons (Fsp3) is 0.615. The minimum atomic E-state index is 0.0141. The van der Waals surface area contributed by atoms with Gasteiger partial charge in [-0.2, -0.15) is 0 Å². The maximum absolute atomic E-state index is 11.6. The quantitative estimate of drug-likeness (QED) is 0.790. The van der Waals surface area contributed by atoms with Crippen LogP contribution in [0.5, 0.6) is 0 Å². The van der Waals surface area contributed by atoms with Crippen molar-refractivity contribution in [3.8, 4) is 0 Å². The molecular formula is C13H23N3O. The second-order valence-corrected chi connectivity index (χ2v) is 4.94. The third-order valence-corrected chi connectivity index (χ3v) is 2.67. The van der Waals surface area contributed by atoms with Crippen LogP contribution in [0.25, 0.3) is 0 Å². The van der Waals surface area contributed by atoms with Gasteiger partial charge in [-0.1, -0.05) is 13.8 Å². The van der Waals surface area contributed by atoms with Gasteiger partial charge in [0, 0.05) is 25.0 Å². The van der Waals surface area contributed by atoms with Gasteiger partial charge in [0.15, 0.2) is 0 Å². The highest BCUT2D eigenvalue weighted by Crippen LogP contribution is 2.09. The first kappa shape index (κ1) is 13.8. The summed E-state index contributed by atoms with van der Waals surface area (Å²) in [6.45, 7) is 7.34. The van der Waals surface area contributed by atoms with E-state index < -0.39 is 0 Å². The third kappa shape index (κ3) is 5.04. The zero-order chi connectivity index (χ0) is 12.8. The predicted octanol–water partition coefficient (Wildman–Crippen LogP) is 1.67. The molecule has 1 aromatic heterocycles. The van der Waals surface area contributed by atoms with Crippen molar-refractivity contribution in [1.29, 1.82) is 0 Å². The zero-order valence-corrected chi connectivity index (χ0v) is 10.9. The highest BCUT2D eigenvalue weighted by Gasteiger charge is 2.05. The van der Waals surface area contributed by atoms with Crippen molar-refractivity contribution >= 4 is 5.91 Å². The summed E-state index contributed by atoms with van der Waals surface area (Å²) in [6.07, 6.45) is 4.83. The highest BCUT2D eigenvalue weighted by molar-refractivity contribution is 5.75. The second kappa shape index (κ2) is 6.45. The zero-order valence-electron chi connectivity index (χ0n) is 10.9. The Labute approximate surface area is 103 Å². The summed E-state index contributed by atoms with van der Waals surface area (Å²) in [6, 6.07) is 1.96. The normalized spacial score (nSPS) is 12.8. The van der Waals surface area contributed by atoms with Gasteiger partial charge in [-0.15, -0.1) is 0 Å². The molecule has 0 fully saturated rings. The van der Waals surface area contributed by atoms with Crippen molar-refractivity contribution in [2.45, 2.75) is 39.8 Å². The molecule has 0 aliphatic heterocycles. The molecule has 1 atom stereocenters. The lowest BCUT2D eigenvalue weighted by Gasteiger charge is -2.07. The van der Waals surface area contributed by atoms with E-state index in [9.17, 15) is 4.79 Å². The maximum atomic E-state index is 11.6. The van der Waals surface area contributed by atoms with E-state index in [2.05, 4.69) is 19.2 Å². The van der Waals surface area contributed by atoms with Crippen LogP contribution < -0.4 is 11.1 Å². The Bertz CT molecular complexity index is 355. The van der Waals surface area contributed by atoms with Gasteiger partial charge in [0.2, 0.25) is 5.91 Å². The standard InChI is InChI=1S/C13H23N3O/c1-10(2)4-6-15-13(17)9-16-7-5-12(8-16)11(3)14/h5,7-8,10-11H,4,6,9,14H2,1-3H3,(H,15,17). The minimum Gasteiger partial charge on any atom is -0.355 e. The van der Waals surface area contributed by atoms with Gasteiger partial charge in [0.05, 0.1) is 0 Å². The van der Waals surface area contributed by atoms with Crippen LogP contribution in [0.15, 0.2) is 18.5 Å². The molecule has 0 saturated carbocycles. The summed E-state index contributed by atoms with van der Waals surface area (Å²) in [7, 11) is 0. The molecule has 0 saturated heterocycles. The van der Waals surface area contributed by atoms with Gasteiger partial charge in [-0.3, -0.25) is 4.79 Å². The van der Waals surface area contributed by atoms with Crippen LogP contribution in [-0.2, 0) is 11.3 Å². The molecule has 1 heterocycles. The van der Waals surface area contributed by atoms with Crippen LogP contribution in [0.4, 0.5) is 0 Å². The molecule has 1 amide bonds. The van der Waals surface area contributed by atoms with E-state index in [0.717, 1.165) is 18.5 Å². The number of carbonyl (C=O) groups is 1. The summed E-state index contributed by atoms with van der Waals surface area (Å²) in [5.41, 5.74) is 6.81. The summed E-state index contributed by atoms with van der Waals surface area (Å²) in [5.74, 6) is 0.670.